The van der Waals surface area contributed by atoms with Gasteiger partial charge in [-0.25, -0.2) is 8.42 Å². The van der Waals surface area contributed by atoms with E-state index in [1.165, 1.54) is 11.4 Å². The molecule has 1 saturated heterocycles. The summed E-state index contributed by atoms with van der Waals surface area (Å²) in [5, 5.41) is 0.976. The van der Waals surface area contributed by atoms with Crippen molar-refractivity contribution in [1.82, 2.24) is 13.8 Å². The molecule has 2 heterocycles. The van der Waals surface area contributed by atoms with Gasteiger partial charge in [0, 0.05) is 44.1 Å². The van der Waals surface area contributed by atoms with Crippen LogP contribution in [0.2, 0.25) is 0 Å². The number of rotatable bonds is 4. The molecule has 0 atom stereocenters. The number of aromatic nitrogens is 1. The van der Waals surface area contributed by atoms with Crippen molar-refractivity contribution in [2.75, 3.05) is 33.3 Å². The second-order valence-corrected chi connectivity index (χ2v) is 9.84. The minimum atomic E-state index is -3.61. The van der Waals surface area contributed by atoms with Crippen molar-refractivity contribution in [2.24, 2.45) is 7.05 Å². The van der Waals surface area contributed by atoms with E-state index in [1.807, 2.05) is 35.9 Å². The molecule has 0 unspecified atom stereocenters. The van der Waals surface area contributed by atoms with Crippen LogP contribution in [0, 0.1) is 0 Å². The number of sulfonamides is 1. The summed E-state index contributed by atoms with van der Waals surface area (Å²) in [5.41, 5.74) is 1.54. The number of aryl methyl sites for hydroxylation is 1. The number of halogens is 1. The van der Waals surface area contributed by atoms with Crippen molar-refractivity contribution < 1.29 is 17.9 Å². The molecule has 7 nitrogen and oxygen atoms in total. The monoisotopic (exact) mass is 491 g/mol. The van der Waals surface area contributed by atoms with Gasteiger partial charge in [-0.1, -0.05) is 18.2 Å². The molecule has 0 aliphatic carbocycles. The third-order valence-electron chi connectivity index (χ3n) is 5.47. The summed E-state index contributed by atoms with van der Waals surface area (Å²) in [6.45, 7) is 1.17. The van der Waals surface area contributed by atoms with E-state index < -0.39 is 10.0 Å². The number of benzene rings is 2. The van der Waals surface area contributed by atoms with E-state index in [1.54, 1.807) is 29.2 Å². The first-order valence-electron chi connectivity index (χ1n) is 9.51. The summed E-state index contributed by atoms with van der Waals surface area (Å²) in [5.74, 6) is 0.493. The summed E-state index contributed by atoms with van der Waals surface area (Å²) in [4.78, 5) is 15.1. The fraction of sp³-hybridized carbons (Fsp3) is 0.286. The maximum atomic E-state index is 13.2. The van der Waals surface area contributed by atoms with Crippen LogP contribution in [0.15, 0.2) is 57.9 Å². The smallest absolute Gasteiger partial charge is 0.271 e. The molecule has 4 rings (SSSR count). The van der Waals surface area contributed by atoms with Crippen molar-refractivity contribution in [3.05, 3.63) is 58.7 Å². The fourth-order valence-electron chi connectivity index (χ4n) is 3.76. The van der Waals surface area contributed by atoms with Gasteiger partial charge in [0.25, 0.3) is 5.91 Å². The van der Waals surface area contributed by atoms with Gasteiger partial charge in [-0.05, 0) is 46.3 Å². The molecule has 9 heteroatoms. The molecule has 1 aliphatic heterocycles. The lowest BCUT2D eigenvalue weighted by Crippen LogP contribution is -2.50. The standard InChI is InChI=1S/C21H22BrN3O4S/c1-23-18-6-4-3-5-17(18)19(22)20(23)21(26)24-11-13-25(14-12-24)30(27,28)16-9-7-15(29-2)8-10-16/h3-10H,11-14H2,1-2H3. The molecule has 1 fully saturated rings. The Labute approximate surface area is 184 Å². The number of methoxy groups -OCH3 is 1. The zero-order valence-corrected chi connectivity index (χ0v) is 19.1. The van der Waals surface area contributed by atoms with Gasteiger partial charge in [0.2, 0.25) is 10.0 Å². The summed E-state index contributed by atoms with van der Waals surface area (Å²) in [7, 11) is -0.211. The predicted octanol–water partition coefficient (Wildman–Crippen LogP) is 3.10. The Bertz CT molecular complexity index is 1160. The number of hydrogen-bond acceptors (Lipinski definition) is 4. The van der Waals surface area contributed by atoms with Crippen molar-refractivity contribution in [1.29, 1.82) is 0 Å². The van der Waals surface area contributed by atoms with Gasteiger partial charge in [-0.2, -0.15) is 4.31 Å². The normalized spacial score (nSPS) is 15.5. The molecule has 1 amide bonds. The SMILES string of the molecule is COc1ccc(S(=O)(=O)N2CCN(C(=O)c3c(Br)c4ccccc4n3C)CC2)cc1. The van der Waals surface area contributed by atoms with Gasteiger partial charge in [-0.15, -0.1) is 0 Å². The zero-order chi connectivity index (χ0) is 21.5. The number of piperazine rings is 1. The lowest BCUT2D eigenvalue weighted by atomic mass is 10.2. The molecule has 1 aromatic heterocycles. The van der Waals surface area contributed by atoms with E-state index in [0.717, 1.165) is 15.4 Å². The first-order valence-corrected chi connectivity index (χ1v) is 11.7. The van der Waals surface area contributed by atoms with Gasteiger partial charge in [0.1, 0.15) is 11.4 Å². The Balaban J connectivity index is 1.51. The van der Waals surface area contributed by atoms with E-state index in [-0.39, 0.29) is 23.9 Å². The summed E-state index contributed by atoms with van der Waals surface area (Å²) in [6.07, 6.45) is 0. The predicted molar refractivity (Wildman–Crippen MR) is 118 cm³/mol. The van der Waals surface area contributed by atoms with E-state index in [4.69, 9.17) is 4.74 Å². The van der Waals surface area contributed by atoms with Crippen LogP contribution >= 0.6 is 15.9 Å². The first kappa shape index (κ1) is 20.9. The molecule has 1 aliphatic rings. The number of carbonyl (C=O) groups excluding carboxylic acids is 1. The number of ether oxygens (including phenoxy) is 1. The van der Waals surface area contributed by atoms with E-state index >= 15 is 0 Å². The van der Waals surface area contributed by atoms with Crippen LogP contribution in [-0.2, 0) is 17.1 Å². The third kappa shape index (κ3) is 3.51. The van der Waals surface area contributed by atoms with Crippen molar-refractivity contribution in [2.45, 2.75) is 4.90 Å². The van der Waals surface area contributed by atoms with Crippen LogP contribution in [0.1, 0.15) is 10.5 Å². The number of para-hydroxylation sites is 1. The van der Waals surface area contributed by atoms with Gasteiger partial charge in [-0.3, -0.25) is 4.79 Å². The molecule has 158 valence electrons. The number of nitrogens with zero attached hydrogens (tertiary/aromatic N) is 3. The molecule has 0 spiro atoms. The molecule has 0 saturated carbocycles. The van der Waals surface area contributed by atoms with E-state index in [0.29, 0.717) is 24.5 Å². The highest BCUT2D eigenvalue weighted by atomic mass is 79.9. The van der Waals surface area contributed by atoms with Crippen LogP contribution in [0.5, 0.6) is 5.75 Å². The maximum absolute atomic E-state index is 13.2. The average molecular weight is 492 g/mol. The Hall–Kier alpha value is -2.36. The number of fused-ring (bicyclic) bond motifs is 1. The van der Waals surface area contributed by atoms with Gasteiger partial charge in [0.05, 0.1) is 16.5 Å². The Morgan fingerprint density at radius 3 is 2.23 bits per heavy atom. The molecule has 30 heavy (non-hydrogen) atoms. The Morgan fingerprint density at radius 2 is 1.63 bits per heavy atom. The second kappa shape index (κ2) is 8.05. The highest BCUT2D eigenvalue weighted by Crippen LogP contribution is 2.31. The Morgan fingerprint density at radius 1 is 1.00 bits per heavy atom. The minimum Gasteiger partial charge on any atom is -0.497 e. The van der Waals surface area contributed by atoms with Crippen molar-refractivity contribution >= 4 is 42.8 Å². The van der Waals surface area contributed by atoms with E-state index in [2.05, 4.69) is 15.9 Å². The molecule has 3 aromatic rings. The quantitative estimate of drug-likeness (QED) is 0.562. The fourth-order valence-corrected chi connectivity index (χ4v) is 5.96. The first-order chi connectivity index (χ1) is 14.3. The molecule has 0 bridgehead atoms. The highest BCUT2D eigenvalue weighted by molar-refractivity contribution is 9.10. The molecular weight excluding hydrogens is 470 g/mol. The van der Waals surface area contributed by atoms with E-state index in [9.17, 15) is 13.2 Å². The number of hydrogen-bond donors (Lipinski definition) is 0. The summed E-state index contributed by atoms with van der Waals surface area (Å²) < 4.78 is 35.0. The molecule has 2 aromatic carbocycles. The van der Waals surface area contributed by atoms with Crippen LogP contribution in [0.25, 0.3) is 10.9 Å². The number of carbonyl (C=O) groups is 1. The lowest BCUT2D eigenvalue weighted by Gasteiger charge is -2.34. The van der Waals surface area contributed by atoms with Crippen LogP contribution in [0.4, 0.5) is 0 Å². The third-order valence-corrected chi connectivity index (χ3v) is 8.19. The second-order valence-electron chi connectivity index (χ2n) is 7.11. The Kier molecular flexibility index (Phi) is 5.61. The minimum absolute atomic E-state index is 0.109. The molecular formula is C21H22BrN3O4S. The van der Waals surface area contributed by atoms with Gasteiger partial charge in [0.15, 0.2) is 0 Å². The topological polar surface area (TPSA) is 71.9 Å². The maximum Gasteiger partial charge on any atom is 0.271 e. The molecule has 0 N–H and O–H groups in total. The van der Waals surface area contributed by atoms with Crippen LogP contribution < -0.4 is 4.74 Å². The summed E-state index contributed by atoms with van der Waals surface area (Å²) in [6, 6.07) is 14.1. The zero-order valence-electron chi connectivity index (χ0n) is 16.7. The van der Waals surface area contributed by atoms with Crippen molar-refractivity contribution in [3.63, 3.8) is 0 Å². The van der Waals surface area contributed by atoms with Gasteiger partial charge >= 0.3 is 0 Å². The highest BCUT2D eigenvalue weighted by Gasteiger charge is 2.32. The van der Waals surface area contributed by atoms with Crippen molar-refractivity contribution in [3.8, 4) is 5.75 Å². The lowest BCUT2D eigenvalue weighted by molar-refractivity contribution is 0.0687. The number of amides is 1. The van der Waals surface area contributed by atoms with Crippen LogP contribution in [0.3, 0.4) is 0 Å². The van der Waals surface area contributed by atoms with Gasteiger partial charge < -0.3 is 14.2 Å². The summed E-state index contributed by atoms with van der Waals surface area (Å²) >= 11 is 3.57. The largest absolute Gasteiger partial charge is 0.497 e. The van der Waals surface area contributed by atoms with Crippen LogP contribution in [-0.4, -0.2) is 61.4 Å². The molecule has 0 radical (unpaired) electrons. The average Bonchev–Trinajstić information content (AvgIpc) is 3.03.